The fraction of sp³-hybridized carbons (Fsp3) is 0.150. The first kappa shape index (κ1) is 16.5. The lowest BCUT2D eigenvalue weighted by atomic mass is 10.1. The Balaban J connectivity index is 1.96. The molecule has 3 aromatic rings. The Morgan fingerprint density at radius 3 is 2.73 bits per heavy atom. The number of pyridine rings is 1. The highest BCUT2D eigenvalue weighted by Gasteiger charge is 2.17. The second-order valence-electron chi connectivity index (χ2n) is 6.35. The van der Waals surface area contributed by atoms with Crippen molar-refractivity contribution in [3.05, 3.63) is 70.4 Å². The highest BCUT2D eigenvalue weighted by atomic mass is 35.5. The van der Waals surface area contributed by atoms with E-state index in [2.05, 4.69) is 21.7 Å². The molecule has 0 spiro atoms. The van der Waals surface area contributed by atoms with E-state index in [9.17, 15) is 0 Å². The normalized spacial score (nSPS) is 13.4. The third-order valence-corrected chi connectivity index (χ3v) is 4.77. The van der Waals surface area contributed by atoms with Gasteiger partial charge < -0.3 is 4.57 Å². The van der Waals surface area contributed by atoms with Gasteiger partial charge in [0.15, 0.2) is 0 Å². The zero-order valence-corrected chi connectivity index (χ0v) is 15.1. The van der Waals surface area contributed by atoms with Gasteiger partial charge in [0.2, 0.25) is 0 Å². The molecule has 2 N–H and O–H groups in total. The molecule has 0 saturated carbocycles. The van der Waals surface area contributed by atoms with Crippen molar-refractivity contribution >= 4 is 40.3 Å². The first-order chi connectivity index (χ1) is 12.5. The average molecular weight is 364 g/mol. The smallest absolute Gasteiger partial charge is 0.130 e. The number of benzene rings is 1. The summed E-state index contributed by atoms with van der Waals surface area (Å²) >= 11 is 6.16. The van der Waals surface area contributed by atoms with Gasteiger partial charge in [-0.1, -0.05) is 23.7 Å². The highest BCUT2D eigenvalue weighted by Crippen LogP contribution is 2.29. The molecule has 0 aliphatic carbocycles. The maximum absolute atomic E-state index is 8.18. The number of allylic oxidation sites excluding steroid dienone is 1. The van der Waals surface area contributed by atoms with Crippen LogP contribution in [0.1, 0.15) is 24.6 Å². The quantitative estimate of drug-likeness (QED) is 0.515. The predicted octanol–water partition coefficient (Wildman–Crippen LogP) is 4.28. The molecule has 0 amide bonds. The van der Waals surface area contributed by atoms with Crippen LogP contribution in [0.3, 0.4) is 0 Å². The van der Waals surface area contributed by atoms with Crippen LogP contribution in [0.15, 0.2) is 53.7 Å². The highest BCUT2D eigenvalue weighted by molar-refractivity contribution is 6.30. The number of hydrogen-bond acceptors (Lipinski definition) is 3. The van der Waals surface area contributed by atoms with Gasteiger partial charge in [0, 0.05) is 36.1 Å². The van der Waals surface area contributed by atoms with Gasteiger partial charge in [-0.2, -0.15) is 0 Å². The summed E-state index contributed by atoms with van der Waals surface area (Å²) in [5, 5.41) is 17.0. The third-order valence-electron chi connectivity index (χ3n) is 4.54. The van der Waals surface area contributed by atoms with Gasteiger partial charge >= 0.3 is 0 Å². The number of nitrogens with zero attached hydrogens (tertiary/aromatic N) is 3. The maximum atomic E-state index is 8.18. The summed E-state index contributed by atoms with van der Waals surface area (Å²) in [7, 11) is 0. The second-order valence-corrected chi connectivity index (χ2v) is 6.78. The number of rotatable bonds is 3. The maximum Gasteiger partial charge on any atom is 0.130 e. The Morgan fingerprint density at radius 1 is 1.19 bits per heavy atom. The summed E-state index contributed by atoms with van der Waals surface area (Å²) in [4.78, 5) is 4.24. The number of fused-ring (bicyclic) bond motifs is 1. The molecule has 0 saturated heterocycles. The zero-order valence-electron chi connectivity index (χ0n) is 14.3. The Labute approximate surface area is 155 Å². The fourth-order valence-electron chi connectivity index (χ4n) is 3.40. The van der Waals surface area contributed by atoms with E-state index in [0.717, 1.165) is 34.3 Å². The van der Waals surface area contributed by atoms with Crippen molar-refractivity contribution in [1.82, 2.24) is 9.13 Å². The van der Waals surface area contributed by atoms with Gasteiger partial charge in [-0.05, 0) is 48.4 Å². The van der Waals surface area contributed by atoms with Gasteiger partial charge in [-0.15, -0.1) is 0 Å². The number of aliphatic imine (C=N–C) groups is 1. The van der Waals surface area contributed by atoms with Crippen LogP contribution in [0.25, 0.3) is 16.6 Å². The minimum absolute atomic E-state index is 0.299. The molecule has 0 unspecified atom stereocenters. The minimum Gasteiger partial charge on any atom is -0.335 e. The molecule has 0 fully saturated rings. The second kappa shape index (κ2) is 6.42. The summed E-state index contributed by atoms with van der Waals surface area (Å²) in [6, 6.07) is 13.6. The molecule has 1 aliphatic rings. The first-order valence-electron chi connectivity index (χ1n) is 8.35. The monoisotopic (exact) mass is 363 g/mol. The molecule has 0 radical (unpaired) electrons. The van der Waals surface area contributed by atoms with Crippen LogP contribution >= 0.6 is 11.6 Å². The molecule has 1 aromatic carbocycles. The Hall–Kier alpha value is -2.92. The minimum atomic E-state index is 0.299. The van der Waals surface area contributed by atoms with Crippen molar-refractivity contribution in [2.45, 2.75) is 19.9 Å². The van der Waals surface area contributed by atoms with Gasteiger partial charge in [0.05, 0.1) is 11.0 Å². The van der Waals surface area contributed by atoms with Crippen LogP contribution in [0, 0.1) is 10.8 Å². The SMILES string of the molecule is CC(=N)n1c(=N)ccc2c1cc(C1=CN=CC1)n2Cc1cccc(Cl)c1. The van der Waals surface area contributed by atoms with Gasteiger partial charge in [-0.3, -0.25) is 20.4 Å². The molecule has 1 aliphatic heterocycles. The molecule has 26 heavy (non-hydrogen) atoms. The molecule has 6 heteroatoms. The molecular formula is C20H18ClN5. The van der Waals surface area contributed by atoms with Crippen LogP contribution in [-0.2, 0) is 6.54 Å². The molecule has 0 bridgehead atoms. The lowest BCUT2D eigenvalue weighted by molar-refractivity contribution is 0.820. The lowest BCUT2D eigenvalue weighted by Crippen LogP contribution is -2.24. The van der Waals surface area contributed by atoms with Crippen molar-refractivity contribution in [1.29, 1.82) is 10.8 Å². The predicted molar refractivity (Wildman–Crippen MR) is 106 cm³/mol. The summed E-state index contributed by atoms with van der Waals surface area (Å²) < 4.78 is 3.87. The largest absolute Gasteiger partial charge is 0.335 e. The van der Waals surface area contributed by atoms with E-state index in [-0.39, 0.29) is 0 Å². The van der Waals surface area contributed by atoms with Crippen LogP contribution in [0.2, 0.25) is 5.02 Å². The van der Waals surface area contributed by atoms with Crippen molar-refractivity contribution < 1.29 is 0 Å². The van der Waals surface area contributed by atoms with Crippen LogP contribution in [0.4, 0.5) is 0 Å². The molecule has 3 heterocycles. The van der Waals surface area contributed by atoms with E-state index in [1.807, 2.05) is 36.7 Å². The zero-order chi connectivity index (χ0) is 18.3. The number of nitrogens with one attached hydrogen (secondary N) is 2. The molecule has 2 aromatic heterocycles. The topological polar surface area (TPSA) is 69.9 Å². The van der Waals surface area contributed by atoms with Gasteiger partial charge in [0.25, 0.3) is 0 Å². The van der Waals surface area contributed by atoms with Crippen molar-refractivity contribution in [2.75, 3.05) is 0 Å². The Morgan fingerprint density at radius 2 is 2.04 bits per heavy atom. The van der Waals surface area contributed by atoms with Gasteiger partial charge in [-0.25, -0.2) is 0 Å². The molecule has 130 valence electrons. The van der Waals surface area contributed by atoms with Crippen molar-refractivity contribution in [3.8, 4) is 0 Å². The van der Waals surface area contributed by atoms with E-state index in [0.29, 0.717) is 22.9 Å². The Bertz CT molecular complexity index is 1150. The summed E-state index contributed by atoms with van der Waals surface area (Å²) in [6.45, 7) is 2.36. The Kier molecular flexibility index (Phi) is 4.09. The van der Waals surface area contributed by atoms with Gasteiger partial charge in [0.1, 0.15) is 11.3 Å². The van der Waals surface area contributed by atoms with Crippen LogP contribution in [-0.4, -0.2) is 21.2 Å². The van der Waals surface area contributed by atoms with E-state index >= 15 is 0 Å². The van der Waals surface area contributed by atoms with Crippen molar-refractivity contribution in [2.24, 2.45) is 4.99 Å². The summed E-state index contributed by atoms with van der Waals surface area (Å²) in [5.74, 6) is 0.323. The molecule has 4 rings (SSSR count). The third kappa shape index (κ3) is 2.80. The number of halogens is 1. The standard InChI is InChI=1S/C20H18ClN5/c1-13(22)26-19-10-18(15-7-8-24-11-15)25(17(19)5-6-20(26)23)12-14-3-2-4-16(21)9-14/h2-6,8-11,22-23H,7,12H2,1H3. The van der Waals surface area contributed by atoms with Crippen LogP contribution < -0.4 is 5.49 Å². The molecule has 0 atom stereocenters. The van der Waals surface area contributed by atoms with E-state index < -0.39 is 0 Å². The summed E-state index contributed by atoms with van der Waals surface area (Å²) in [6.07, 6.45) is 4.55. The fourth-order valence-corrected chi connectivity index (χ4v) is 3.61. The summed E-state index contributed by atoms with van der Waals surface area (Å²) in [5.41, 5.74) is 5.42. The lowest BCUT2D eigenvalue weighted by Gasteiger charge is -2.12. The van der Waals surface area contributed by atoms with E-state index in [1.165, 1.54) is 0 Å². The number of hydrogen-bond donors (Lipinski definition) is 2. The average Bonchev–Trinajstić information content (AvgIpc) is 3.22. The van der Waals surface area contributed by atoms with E-state index in [4.69, 9.17) is 22.4 Å². The molecular weight excluding hydrogens is 346 g/mol. The van der Waals surface area contributed by atoms with Crippen molar-refractivity contribution in [3.63, 3.8) is 0 Å². The molecule has 5 nitrogen and oxygen atoms in total. The van der Waals surface area contributed by atoms with E-state index in [1.54, 1.807) is 17.6 Å². The van der Waals surface area contributed by atoms with Crippen LogP contribution in [0.5, 0.6) is 0 Å². The first-order valence-corrected chi connectivity index (χ1v) is 8.73. The number of aromatic nitrogens is 2.